The molecule has 0 atom stereocenters. The highest BCUT2D eigenvalue weighted by Crippen LogP contribution is 2.53. The largest absolute Gasteiger partial charge is 0.494 e. The predicted molar refractivity (Wildman–Crippen MR) is 539 cm³/mol. The summed E-state index contributed by atoms with van der Waals surface area (Å²) in [5.41, 5.74) is 0. The summed E-state index contributed by atoms with van der Waals surface area (Å²) in [5.74, 6) is 104. The van der Waals surface area contributed by atoms with Crippen LogP contribution in [0.15, 0.2) is 50.1 Å². The van der Waals surface area contributed by atoms with Gasteiger partial charge >= 0.3 is 0 Å². The van der Waals surface area contributed by atoms with E-state index in [9.17, 15) is 0 Å². The Labute approximate surface area is 778 Å². The number of halogens is 1. The monoisotopic (exact) mass is 1780 g/mol. The second kappa shape index (κ2) is 82.1. The van der Waals surface area contributed by atoms with Crippen LogP contribution >= 0.6 is 118 Å². The summed E-state index contributed by atoms with van der Waals surface area (Å²) in [6.45, 7) is 9.12. The number of thioether (sulfide) groups is 10. The Bertz CT molecular complexity index is 4850. The van der Waals surface area contributed by atoms with Crippen LogP contribution in [0, 0.1) is 266 Å². The minimum atomic E-state index is -0.353. The van der Waals surface area contributed by atoms with Crippen molar-refractivity contribution in [1.29, 1.82) is 0 Å². The Morgan fingerprint density at radius 3 is 0.901 bits per heavy atom. The van der Waals surface area contributed by atoms with E-state index in [0.29, 0.717) is 32.3 Å². The fourth-order valence-electron chi connectivity index (χ4n) is 12.3. The van der Waals surface area contributed by atoms with Crippen molar-refractivity contribution < 1.29 is 9.13 Å². The van der Waals surface area contributed by atoms with Gasteiger partial charge in [0.05, 0.1) is 26.7 Å². The molecule has 1 nitrogen and oxygen atoms in total. The zero-order chi connectivity index (χ0) is 86.5. The maximum atomic E-state index is 18.0. The first-order valence-corrected chi connectivity index (χ1v) is 52.8. The van der Waals surface area contributed by atoms with E-state index >= 15 is 4.39 Å². The third kappa shape index (κ3) is 57.5. The molecule has 121 heavy (non-hydrogen) atoms. The van der Waals surface area contributed by atoms with Crippen molar-refractivity contribution >= 4 is 118 Å². The second-order valence-corrected chi connectivity index (χ2v) is 38.3. The molecule has 0 amide bonds. The smallest absolute Gasteiger partial charge is 0.153 e. The minimum absolute atomic E-state index is 0.306. The number of ether oxygens (including phenoxy) is 1. The van der Waals surface area contributed by atoms with Crippen LogP contribution in [-0.4, -0.2) is 53.1 Å². The average Bonchev–Trinajstić information content (AvgIpc) is 0.775. The molecule has 3 rings (SSSR count). The van der Waals surface area contributed by atoms with Gasteiger partial charge in [0.1, 0.15) is 5.75 Å². The molecule has 1 aliphatic rings. The molecule has 0 spiro atoms. The molecule has 0 aliphatic heterocycles. The molecule has 0 aromatic heterocycles. The summed E-state index contributed by atoms with van der Waals surface area (Å²) in [7, 11) is 1.66. The molecule has 626 valence electrons. The van der Waals surface area contributed by atoms with E-state index in [0.717, 1.165) is 119 Å². The van der Waals surface area contributed by atoms with E-state index in [1.165, 1.54) is 236 Å². The lowest BCUT2D eigenvalue weighted by Crippen LogP contribution is -2.18. The highest BCUT2D eigenvalue weighted by molar-refractivity contribution is 8.08. The summed E-state index contributed by atoms with van der Waals surface area (Å²) in [6, 6.07) is 2.55. The Morgan fingerprint density at radius 2 is 0.562 bits per heavy atom. The van der Waals surface area contributed by atoms with Crippen molar-refractivity contribution in [2.75, 3.05) is 53.1 Å². The number of hydrogen-bond donors (Lipinski definition) is 0. The number of unbranched alkanes of at least 4 members (excludes halogenated alkanes) is 33. The third-order valence-electron chi connectivity index (χ3n) is 18.6. The van der Waals surface area contributed by atoms with Gasteiger partial charge in [0, 0.05) is 47.5 Å². The summed E-state index contributed by atoms with van der Waals surface area (Å²) >= 11 is 17.3. The van der Waals surface area contributed by atoms with Crippen LogP contribution < -0.4 is 4.74 Å². The van der Waals surface area contributed by atoms with Gasteiger partial charge in [0.2, 0.25) is 0 Å². The van der Waals surface area contributed by atoms with Gasteiger partial charge in [-0.3, -0.25) is 0 Å². The number of methoxy groups -OCH3 is 1. The van der Waals surface area contributed by atoms with Gasteiger partial charge in [-0.25, -0.2) is 4.39 Å². The van der Waals surface area contributed by atoms with E-state index in [-0.39, 0.29) is 5.82 Å². The summed E-state index contributed by atoms with van der Waals surface area (Å²) in [5, 5.41) is 9.57. The zero-order valence-electron chi connectivity index (χ0n) is 72.3. The normalized spacial score (nSPS) is 11.2. The molecule has 12 heteroatoms. The standard InChI is InChI=1S/C109H117FOS10/c1-9-16-22-28-34-40-46-52-58-64-70-76-86-113-99-94-100(104(115-88-78-72-66-60-54-48-42-36-30-24-18-11-3)109(119-93-92-112-15-7)103(99)114-87-77-71-65-59-53-47-41-35-29-23-17-10-2)120-95-97-82-84-98(85-83-97)96-121-108-102(111-8)107(118-91-81-75-69-63-57-51-45-39-33-27-21-14-6)105(116-89-79-73-67-61-55-49-43-37-31-25-19-12-4)101(110)106(108)117-90-80-74-68-62-56-50-44-38-32-26-20-13-5/h3-4,6,94,97-98H,9-10,13,15-17,20,22-23,26,28-29,32,34-35,38,40-41,44,46-47,50,52-53,56,58-59,62,64-65,68,70-71,74,76-77,80,82-87,90,92-93,95-96H2,1-2,5,7-8H3. The number of hydrogen-bond acceptors (Lipinski definition) is 11. The summed E-state index contributed by atoms with van der Waals surface area (Å²) in [6.07, 6.45) is 66.8. The van der Waals surface area contributed by atoms with Crippen molar-refractivity contribution in [3.63, 3.8) is 0 Å². The first-order valence-electron chi connectivity index (χ1n) is 43.3. The maximum Gasteiger partial charge on any atom is 0.153 e. The molecule has 0 saturated heterocycles. The molecule has 0 heterocycles. The van der Waals surface area contributed by atoms with Crippen LogP contribution in [-0.2, 0) is 0 Å². The predicted octanol–water partition coefficient (Wildman–Crippen LogP) is 27.9. The number of benzene rings is 2. The van der Waals surface area contributed by atoms with Gasteiger partial charge in [-0.2, -0.15) is 11.8 Å². The molecule has 1 saturated carbocycles. The van der Waals surface area contributed by atoms with Gasteiger partial charge in [-0.05, 0) is 350 Å². The number of rotatable bonds is 57. The minimum Gasteiger partial charge on any atom is -0.494 e. The Morgan fingerprint density at radius 1 is 0.281 bits per heavy atom. The fraction of sp³-hybridized carbons (Fsp3) is 0.505. The van der Waals surface area contributed by atoms with Gasteiger partial charge < -0.3 is 4.74 Å². The lowest BCUT2D eigenvalue weighted by atomic mass is 9.84. The maximum absolute atomic E-state index is 18.0. The van der Waals surface area contributed by atoms with Crippen LogP contribution in [0.5, 0.6) is 5.75 Å². The Balaban J connectivity index is 2.12. The van der Waals surface area contributed by atoms with Crippen molar-refractivity contribution in [3.8, 4) is 254 Å². The average molecular weight is 1780 g/mol. The van der Waals surface area contributed by atoms with Gasteiger partial charge in [-0.15, -0.1) is 89.8 Å². The molecular formula is C109H117FOS10. The topological polar surface area (TPSA) is 9.23 Å². The summed E-state index contributed by atoms with van der Waals surface area (Å²) in [4.78, 5) is 8.98. The molecule has 2 aromatic rings. The number of terminal acetylenes is 3. The van der Waals surface area contributed by atoms with Crippen LogP contribution in [0.25, 0.3) is 0 Å². The lowest BCUT2D eigenvalue weighted by Gasteiger charge is -2.29. The van der Waals surface area contributed by atoms with Gasteiger partial charge in [0.25, 0.3) is 0 Å². The van der Waals surface area contributed by atoms with Crippen LogP contribution in [0.2, 0.25) is 0 Å². The van der Waals surface area contributed by atoms with Crippen LogP contribution in [0.3, 0.4) is 0 Å². The first-order chi connectivity index (χ1) is 59.9. The first kappa shape index (κ1) is 108. The van der Waals surface area contributed by atoms with Crippen molar-refractivity contribution in [3.05, 3.63) is 11.9 Å². The van der Waals surface area contributed by atoms with Gasteiger partial charge in [-0.1, -0.05) is 240 Å². The third-order valence-corrected chi connectivity index (χ3v) is 30.1. The molecule has 1 fully saturated rings. The van der Waals surface area contributed by atoms with Gasteiger partial charge in [0.15, 0.2) is 5.82 Å². The van der Waals surface area contributed by atoms with E-state index in [1.54, 1.807) is 42.4 Å². The molecule has 2 aromatic carbocycles. The van der Waals surface area contributed by atoms with Crippen LogP contribution in [0.1, 0.15) is 285 Å². The van der Waals surface area contributed by atoms with Crippen molar-refractivity contribution in [1.82, 2.24) is 0 Å². The fourth-order valence-corrected chi connectivity index (χ4v) is 23.7. The molecule has 0 N–H and O–H groups in total. The summed E-state index contributed by atoms with van der Waals surface area (Å²) < 4.78 is 24.4. The van der Waals surface area contributed by atoms with E-state index < -0.39 is 0 Å². The van der Waals surface area contributed by atoms with Crippen molar-refractivity contribution in [2.45, 2.75) is 329 Å². The zero-order valence-corrected chi connectivity index (χ0v) is 80.4. The van der Waals surface area contributed by atoms with Crippen molar-refractivity contribution in [2.24, 2.45) is 11.8 Å². The molecule has 1 aliphatic carbocycles. The Hall–Kier alpha value is -7.57. The van der Waals surface area contributed by atoms with E-state index in [1.807, 2.05) is 35.3 Å². The molecule has 0 radical (unpaired) electrons. The molecule has 0 bridgehead atoms. The highest BCUT2D eigenvalue weighted by atomic mass is 32.2. The van der Waals surface area contributed by atoms with E-state index in [2.05, 4.69) is 286 Å². The Kier molecular flexibility index (Phi) is 73.0. The highest BCUT2D eigenvalue weighted by Gasteiger charge is 2.30. The van der Waals surface area contributed by atoms with Crippen LogP contribution in [0.4, 0.5) is 4.39 Å². The second-order valence-electron chi connectivity index (χ2n) is 28.0. The van der Waals surface area contributed by atoms with E-state index in [4.69, 9.17) is 24.0 Å². The SMILES string of the molecule is C#CC#CC#CC#CC#CC#CC#CSc1c(SCC2CCC(CSc3c(OC)c(SC#CC#CC#CC#CC#CC#CC#C)c(SC#CC#CC#CC#CC#CC#CC#C)c(F)c3SCCCCCCCCCCCCCC)CC2)cc(SCCCCCCCCCCCCCC)c(SCCCCCCCCCCCCCC)c1SCCSCC. The molecule has 0 unspecified atom stereocenters. The molecular weight excluding hydrogens is 1660 g/mol. The lowest BCUT2D eigenvalue weighted by molar-refractivity contribution is 0.315. The quantitative estimate of drug-likeness (QED) is 0.0356.